The van der Waals surface area contributed by atoms with Gasteiger partial charge in [-0.25, -0.2) is 4.79 Å². The third-order valence-electron chi connectivity index (χ3n) is 1.27. The largest absolute Gasteiger partial charge is 0.602 e. The molecule has 86 valence electrons. The second-order valence-electron chi connectivity index (χ2n) is 3.82. The van der Waals surface area contributed by atoms with E-state index < -0.39 is 23.7 Å². The van der Waals surface area contributed by atoms with E-state index in [0.29, 0.717) is 4.43 Å². The molecule has 0 aliphatic heterocycles. The molecule has 5 nitrogen and oxygen atoms in total. The molecule has 0 saturated heterocycles. The lowest BCUT2D eigenvalue weighted by Crippen LogP contribution is -2.44. The van der Waals surface area contributed by atoms with Crippen molar-refractivity contribution in [3.8, 4) is 0 Å². The summed E-state index contributed by atoms with van der Waals surface area (Å²) in [6, 6.07) is -0.724. The highest BCUT2D eigenvalue weighted by atomic mass is 127. The minimum absolute atomic E-state index is 0.394. The Morgan fingerprint density at radius 1 is 1.53 bits per heavy atom. The van der Waals surface area contributed by atoms with Crippen LogP contribution in [-0.2, 0) is 14.0 Å². The van der Waals surface area contributed by atoms with E-state index in [0.717, 1.165) is 0 Å². The first-order chi connectivity index (χ1) is 6.80. The van der Waals surface area contributed by atoms with E-state index in [1.165, 1.54) is 0 Å². The summed E-state index contributed by atoms with van der Waals surface area (Å²) >= 11 is 1.96. The molecular weight excluding hydrogens is 313 g/mol. The van der Waals surface area contributed by atoms with Gasteiger partial charge in [-0.15, -0.1) is 0 Å². The number of halogens is 1. The lowest BCUT2D eigenvalue weighted by Gasteiger charge is -2.20. The van der Waals surface area contributed by atoms with Gasteiger partial charge >= 0.3 is 12.1 Å². The molecule has 0 aromatic rings. The van der Waals surface area contributed by atoms with Crippen molar-refractivity contribution in [3.63, 3.8) is 0 Å². The normalized spacial score (nSPS) is 12.8. The third kappa shape index (κ3) is 6.43. The van der Waals surface area contributed by atoms with Crippen molar-refractivity contribution in [2.45, 2.75) is 32.4 Å². The van der Waals surface area contributed by atoms with Crippen LogP contribution in [0.15, 0.2) is 0 Å². The van der Waals surface area contributed by atoms with Crippen LogP contribution >= 0.6 is 22.6 Å². The van der Waals surface area contributed by atoms with Gasteiger partial charge in [-0.05, 0) is 20.8 Å². The summed E-state index contributed by atoms with van der Waals surface area (Å²) in [5.41, 5.74) is -0.589. The number of rotatable bonds is 3. The maximum Gasteiger partial charge on any atom is 0.602 e. The maximum atomic E-state index is 11.3. The first kappa shape index (κ1) is 14.3. The molecular formula is C9H15INO4+. The molecule has 0 aliphatic rings. The van der Waals surface area contributed by atoms with Crippen molar-refractivity contribution < 1.29 is 18.8 Å². The first-order valence-corrected chi connectivity index (χ1v) is 5.84. The summed E-state index contributed by atoms with van der Waals surface area (Å²) in [6.45, 7) is 8.22. The Kier molecular flexibility index (Phi) is 5.77. The van der Waals surface area contributed by atoms with Gasteiger partial charge in [0.05, 0.1) is 4.79 Å². The van der Waals surface area contributed by atoms with Gasteiger partial charge in [0.25, 0.3) is 0 Å². The molecule has 0 rings (SSSR count). The molecule has 0 spiro atoms. The molecule has 0 fully saturated rings. The summed E-state index contributed by atoms with van der Waals surface area (Å²) in [7, 11) is 0. The molecule has 6 heteroatoms. The lowest BCUT2D eigenvalue weighted by atomic mass is 10.2. The Hall–Kier alpha value is -0.660. The topological polar surface area (TPSA) is 66.7 Å². The van der Waals surface area contributed by atoms with Crippen molar-refractivity contribution in [2.24, 2.45) is 0 Å². The SMILES string of the molecule is C=[O+]C(=O)[C@H](CI)NC(=O)OC(C)(C)C. The molecule has 15 heavy (non-hydrogen) atoms. The number of amides is 1. The number of ether oxygens (including phenoxy) is 1. The molecule has 1 amide bonds. The maximum absolute atomic E-state index is 11.3. The van der Waals surface area contributed by atoms with Gasteiger partial charge < -0.3 is 10.1 Å². The number of carbonyl (C=O) groups is 2. The van der Waals surface area contributed by atoms with Crippen LogP contribution in [0.2, 0.25) is 0 Å². The van der Waals surface area contributed by atoms with E-state index in [1.54, 1.807) is 20.8 Å². The van der Waals surface area contributed by atoms with Crippen molar-refractivity contribution in [2.75, 3.05) is 4.43 Å². The lowest BCUT2D eigenvalue weighted by molar-refractivity contribution is -0.370. The van der Waals surface area contributed by atoms with Gasteiger partial charge in [0.2, 0.25) is 6.04 Å². The Morgan fingerprint density at radius 3 is 2.40 bits per heavy atom. The highest BCUT2D eigenvalue weighted by Gasteiger charge is 2.31. The molecule has 0 unspecified atom stereocenters. The van der Waals surface area contributed by atoms with Crippen molar-refractivity contribution in [1.29, 1.82) is 0 Å². The fraction of sp³-hybridized carbons (Fsp3) is 0.667. The Balaban J connectivity index is 4.25. The predicted molar refractivity (Wildman–Crippen MR) is 64.2 cm³/mol. The zero-order chi connectivity index (χ0) is 12.1. The molecule has 0 saturated carbocycles. The average Bonchev–Trinajstić information content (AvgIpc) is 2.10. The Bertz CT molecular complexity index is 259. The van der Waals surface area contributed by atoms with Crippen LogP contribution in [0.25, 0.3) is 0 Å². The number of nitrogens with one attached hydrogen (secondary N) is 1. The number of hydrogen-bond acceptors (Lipinski definition) is 3. The van der Waals surface area contributed by atoms with Crippen molar-refractivity contribution in [3.05, 3.63) is 0 Å². The van der Waals surface area contributed by atoms with E-state index in [-0.39, 0.29) is 0 Å². The smallest absolute Gasteiger partial charge is 0.444 e. The fourth-order valence-corrected chi connectivity index (χ4v) is 1.29. The predicted octanol–water partition coefficient (Wildman–Crippen LogP) is 1.21. The zero-order valence-electron chi connectivity index (χ0n) is 9.00. The highest BCUT2D eigenvalue weighted by Crippen LogP contribution is 2.07. The molecule has 0 heterocycles. The molecule has 0 radical (unpaired) electrons. The number of alkyl carbamates (subject to hydrolysis) is 1. The van der Waals surface area contributed by atoms with Crippen LogP contribution in [0.4, 0.5) is 4.79 Å². The van der Waals surface area contributed by atoms with Crippen LogP contribution < -0.4 is 5.32 Å². The Morgan fingerprint density at radius 2 is 2.07 bits per heavy atom. The highest BCUT2D eigenvalue weighted by molar-refractivity contribution is 14.1. The number of hydrogen-bond donors (Lipinski definition) is 1. The summed E-state index contributed by atoms with van der Waals surface area (Å²) in [5.74, 6) is -0.588. The molecule has 0 aromatic carbocycles. The van der Waals surface area contributed by atoms with Gasteiger partial charge in [-0.2, -0.15) is 0 Å². The van der Waals surface area contributed by atoms with Crippen LogP contribution in [0.1, 0.15) is 20.8 Å². The van der Waals surface area contributed by atoms with Crippen LogP contribution in [0.5, 0.6) is 0 Å². The third-order valence-corrected chi connectivity index (χ3v) is 2.15. The number of alkyl halides is 1. The van der Waals surface area contributed by atoms with E-state index in [9.17, 15) is 9.59 Å². The number of carbonyl (C=O) groups excluding carboxylic acids is 3. The standard InChI is InChI=1S/C9H14INO4/c1-9(2,3)15-8(13)11-6(5-10)7(12)14-4/h6H,4-5H2,1-3H3/p+1/t6-/m0/s1. The van der Waals surface area contributed by atoms with E-state index in [2.05, 4.69) is 16.5 Å². The minimum atomic E-state index is -0.724. The van der Waals surface area contributed by atoms with E-state index in [4.69, 9.17) is 4.74 Å². The first-order valence-electron chi connectivity index (χ1n) is 4.31. The van der Waals surface area contributed by atoms with Gasteiger partial charge in [0.15, 0.2) is 6.79 Å². The summed E-state index contributed by atoms with van der Waals surface area (Å²) in [5, 5.41) is 2.39. The van der Waals surface area contributed by atoms with E-state index in [1.807, 2.05) is 22.6 Å². The summed E-state index contributed by atoms with van der Waals surface area (Å²) in [4.78, 5) is 22.4. The van der Waals surface area contributed by atoms with E-state index >= 15 is 0 Å². The van der Waals surface area contributed by atoms with Gasteiger partial charge in [-0.1, -0.05) is 22.6 Å². The monoisotopic (exact) mass is 328 g/mol. The second kappa shape index (κ2) is 6.04. The van der Waals surface area contributed by atoms with Crippen LogP contribution in [0.3, 0.4) is 0 Å². The molecule has 1 N–H and O–H groups in total. The zero-order valence-corrected chi connectivity index (χ0v) is 11.2. The quantitative estimate of drug-likeness (QED) is 0.481. The van der Waals surface area contributed by atoms with Crippen molar-refractivity contribution in [1.82, 2.24) is 5.32 Å². The average molecular weight is 328 g/mol. The molecule has 0 aliphatic carbocycles. The van der Waals surface area contributed by atoms with Gasteiger partial charge in [-0.3, -0.25) is 4.42 Å². The molecule has 0 bridgehead atoms. The van der Waals surface area contributed by atoms with Gasteiger partial charge in [0.1, 0.15) is 5.60 Å². The van der Waals surface area contributed by atoms with Crippen LogP contribution in [0, 0.1) is 0 Å². The second-order valence-corrected chi connectivity index (χ2v) is 4.70. The fourth-order valence-electron chi connectivity index (χ4n) is 0.711. The molecule has 1 atom stereocenters. The molecule has 0 aromatic heterocycles. The minimum Gasteiger partial charge on any atom is -0.444 e. The summed E-state index contributed by atoms with van der Waals surface area (Å²) in [6.07, 6.45) is -0.644. The van der Waals surface area contributed by atoms with Gasteiger partial charge in [0, 0.05) is 4.43 Å². The van der Waals surface area contributed by atoms with Crippen molar-refractivity contribution >= 4 is 41.4 Å². The van der Waals surface area contributed by atoms with Crippen LogP contribution in [-0.4, -0.2) is 34.9 Å². The summed E-state index contributed by atoms with van der Waals surface area (Å²) < 4.78 is 9.65. The Labute approximate surface area is 102 Å².